The molecule has 0 unspecified atom stereocenters. The van der Waals surface area contributed by atoms with E-state index >= 15 is 0 Å². The van der Waals surface area contributed by atoms with Gasteiger partial charge in [-0.05, 0) is 36.7 Å². The molecule has 1 aromatic heterocycles. The first-order valence-electron chi connectivity index (χ1n) is 3.20. The smallest absolute Gasteiger partial charge is 0.230 e. The lowest BCUT2D eigenvalue weighted by Gasteiger charge is -2.18. The molecule has 1 aromatic rings. The zero-order valence-electron chi connectivity index (χ0n) is 6.60. The molecule has 0 N–H and O–H groups in total. The standard InChI is InChI=1S/C6H9BrFN3/c1-6(2,3)11-4(7)5(8)9-10-11/h1-3H3. The van der Waals surface area contributed by atoms with Crippen molar-refractivity contribution in [1.82, 2.24) is 15.0 Å². The average molecular weight is 222 g/mol. The van der Waals surface area contributed by atoms with E-state index in [-0.39, 0.29) is 5.54 Å². The monoisotopic (exact) mass is 221 g/mol. The third-order valence-electron chi connectivity index (χ3n) is 1.21. The van der Waals surface area contributed by atoms with E-state index in [4.69, 9.17) is 0 Å². The first kappa shape index (κ1) is 8.64. The normalized spacial score (nSPS) is 12.1. The Labute approximate surface area is 72.7 Å². The second-order valence-corrected chi connectivity index (χ2v) is 4.00. The molecule has 0 fully saturated rings. The summed E-state index contributed by atoms with van der Waals surface area (Å²) in [6, 6.07) is 0. The van der Waals surface area contributed by atoms with Gasteiger partial charge in [0.2, 0.25) is 0 Å². The van der Waals surface area contributed by atoms with Crippen LogP contribution in [0.4, 0.5) is 4.39 Å². The average Bonchev–Trinajstić information content (AvgIpc) is 2.11. The van der Waals surface area contributed by atoms with Crippen molar-refractivity contribution in [1.29, 1.82) is 0 Å². The van der Waals surface area contributed by atoms with Crippen LogP contribution in [0, 0.1) is 5.95 Å². The molecule has 1 heterocycles. The molecular formula is C6H9BrFN3. The molecule has 0 atom stereocenters. The molecule has 62 valence electrons. The molecule has 0 spiro atoms. The summed E-state index contributed by atoms with van der Waals surface area (Å²) in [4.78, 5) is 0. The summed E-state index contributed by atoms with van der Waals surface area (Å²) in [5, 5.41) is 6.91. The van der Waals surface area contributed by atoms with E-state index < -0.39 is 5.95 Å². The number of aromatic nitrogens is 3. The maximum atomic E-state index is 12.6. The van der Waals surface area contributed by atoms with Gasteiger partial charge in [-0.2, -0.15) is 4.39 Å². The van der Waals surface area contributed by atoms with Gasteiger partial charge in [0.25, 0.3) is 5.95 Å². The molecule has 0 radical (unpaired) electrons. The van der Waals surface area contributed by atoms with Crippen molar-refractivity contribution in [2.45, 2.75) is 26.3 Å². The summed E-state index contributed by atoms with van der Waals surface area (Å²) < 4.78 is 14.4. The molecule has 0 amide bonds. The summed E-state index contributed by atoms with van der Waals surface area (Å²) in [6.07, 6.45) is 0. The Balaban J connectivity index is 3.15. The van der Waals surface area contributed by atoms with Gasteiger partial charge < -0.3 is 0 Å². The number of hydrogen-bond donors (Lipinski definition) is 0. The van der Waals surface area contributed by atoms with Crippen molar-refractivity contribution in [3.05, 3.63) is 10.6 Å². The largest absolute Gasteiger partial charge is 0.267 e. The van der Waals surface area contributed by atoms with Crippen molar-refractivity contribution in [3.63, 3.8) is 0 Å². The summed E-state index contributed by atoms with van der Waals surface area (Å²) in [6.45, 7) is 5.77. The molecule has 5 heteroatoms. The van der Waals surface area contributed by atoms with E-state index in [0.29, 0.717) is 4.60 Å². The van der Waals surface area contributed by atoms with Gasteiger partial charge in [0, 0.05) is 0 Å². The van der Waals surface area contributed by atoms with E-state index in [1.807, 2.05) is 20.8 Å². The zero-order chi connectivity index (χ0) is 8.65. The van der Waals surface area contributed by atoms with E-state index in [1.165, 1.54) is 4.68 Å². The molecule has 0 saturated heterocycles. The molecule has 0 aliphatic rings. The van der Waals surface area contributed by atoms with Crippen molar-refractivity contribution < 1.29 is 4.39 Å². The topological polar surface area (TPSA) is 30.7 Å². The predicted molar refractivity (Wildman–Crippen MR) is 42.7 cm³/mol. The van der Waals surface area contributed by atoms with Crippen molar-refractivity contribution in [3.8, 4) is 0 Å². The van der Waals surface area contributed by atoms with Crippen LogP contribution in [0.25, 0.3) is 0 Å². The van der Waals surface area contributed by atoms with E-state index in [2.05, 4.69) is 26.2 Å². The van der Waals surface area contributed by atoms with Crippen LogP contribution < -0.4 is 0 Å². The van der Waals surface area contributed by atoms with E-state index in [0.717, 1.165) is 0 Å². The first-order valence-corrected chi connectivity index (χ1v) is 3.99. The summed E-state index contributed by atoms with van der Waals surface area (Å²) >= 11 is 3.05. The van der Waals surface area contributed by atoms with Crippen LogP contribution in [0.5, 0.6) is 0 Å². The molecule has 3 nitrogen and oxygen atoms in total. The van der Waals surface area contributed by atoms with Gasteiger partial charge in [-0.3, -0.25) is 0 Å². The Bertz CT molecular complexity index is 263. The van der Waals surface area contributed by atoms with Gasteiger partial charge in [0.05, 0.1) is 5.54 Å². The van der Waals surface area contributed by atoms with Gasteiger partial charge in [-0.1, -0.05) is 10.3 Å². The number of nitrogens with zero attached hydrogens (tertiary/aromatic N) is 3. The summed E-state index contributed by atoms with van der Waals surface area (Å²) in [7, 11) is 0. The van der Waals surface area contributed by atoms with Crippen LogP contribution in [0.1, 0.15) is 20.8 Å². The Morgan fingerprint density at radius 1 is 1.45 bits per heavy atom. The highest BCUT2D eigenvalue weighted by atomic mass is 79.9. The van der Waals surface area contributed by atoms with Crippen molar-refractivity contribution >= 4 is 15.9 Å². The highest BCUT2D eigenvalue weighted by molar-refractivity contribution is 9.10. The zero-order valence-corrected chi connectivity index (χ0v) is 8.18. The molecular weight excluding hydrogens is 213 g/mol. The fourth-order valence-electron chi connectivity index (χ4n) is 0.681. The quantitative estimate of drug-likeness (QED) is 0.671. The van der Waals surface area contributed by atoms with Gasteiger partial charge in [-0.25, -0.2) is 4.68 Å². The van der Waals surface area contributed by atoms with Crippen LogP contribution in [-0.4, -0.2) is 15.0 Å². The van der Waals surface area contributed by atoms with Gasteiger partial charge >= 0.3 is 0 Å². The second-order valence-electron chi connectivity index (χ2n) is 3.25. The lowest BCUT2D eigenvalue weighted by molar-refractivity contribution is 0.340. The Morgan fingerprint density at radius 3 is 2.18 bits per heavy atom. The van der Waals surface area contributed by atoms with Gasteiger partial charge in [0.1, 0.15) is 0 Å². The van der Waals surface area contributed by atoms with Crippen molar-refractivity contribution in [2.24, 2.45) is 0 Å². The third kappa shape index (κ3) is 1.58. The first-order chi connectivity index (χ1) is 4.93. The van der Waals surface area contributed by atoms with Crippen LogP contribution >= 0.6 is 15.9 Å². The molecule has 0 aliphatic heterocycles. The van der Waals surface area contributed by atoms with Gasteiger partial charge in [-0.15, -0.1) is 0 Å². The number of halogens is 2. The van der Waals surface area contributed by atoms with Crippen LogP contribution in [0.15, 0.2) is 4.60 Å². The van der Waals surface area contributed by atoms with E-state index in [9.17, 15) is 4.39 Å². The van der Waals surface area contributed by atoms with Crippen molar-refractivity contribution in [2.75, 3.05) is 0 Å². The molecule has 11 heavy (non-hydrogen) atoms. The highest BCUT2D eigenvalue weighted by Gasteiger charge is 2.20. The third-order valence-corrected chi connectivity index (χ3v) is 1.88. The molecule has 0 saturated carbocycles. The number of hydrogen-bond acceptors (Lipinski definition) is 2. The molecule has 0 aliphatic carbocycles. The summed E-state index contributed by atoms with van der Waals surface area (Å²) in [5.41, 5.74) is -0.240. The number of rotatable bonds is 0. The molecule has 0 bridgehead atoms. The van der Waals surface area contributed by atoms with E-state index in [1.54, 1.807) is 0 Å². The van der Waals surface area contributed by atoms with Crippen LogP contribution in [0.2, 0.25) is 0 Å². The minimum absolute atomic E-state index is 0.240. The maximum absolute atomic E-state index is 12.6. The lowest BCUT2D eigenvalue weighted by atomic mass is 10.1. The molecule has 1 rings (SSSR count). The minimum Gasteiger partial charge on any atom is -0.230 e. The van der Waals surface area contributed by atoms with Gasteiger partial charge in [0.15, 0.2) is 4.60 Å². The Kier molecular flexibility index (Phi) is 2.00. The fraction of sp³-hybridized carbons (Fsp3) is 0.667. The highest BCUT2D eigenvalue weighted by Crippen LogP contribution is 2.20. The lowest BCUT2D eigenvalue weighted by Crippen LogP contribution is -2.23. The fourth-order valence-corrected chi connectivity index (χ4v) is 1.36. The predicted octanol–water partition coefficient (Wildman–Crippen LogP) is 1.93. The van der Waals surface area contributed by atoms with Crippen LogP contribution in [-0.2, 0) is 5.54 Å². The van der Waals surface area contributed by atoms with Crippen LogP contribution in [0.3, 0.4) is 0 Å². The maximum Gasteiger partial charge on any atom is 0.267 e. The summed E-state index contributed by atoms with van der Waals surface area (Å²) in [5.74, 6) is -0.570. The second kappa shape index (κ2) is 2.55. The molecule has 0 aromatic carbocycles. The SMILES string of the molecule is CC(C)(C)n1nnc(F)c1Br. The Hall–Kier alpha value is -0.450. The Morgan fingerprint density at radius 2 is 2.00 bits per heavy atom. The minimum atomic E-state index is -0.570.